The number of aliphatic hydroxyl groups is 4. The summed E-state index contributed by atoms with van der Waals surface area (Å²) in [5.74, 6) is 0. The molecule has 1 fully saturated rings. The lowest BCUT2D eigenvalue weighted by Crippen LogP contribution is -2.61. The number of hydrogen-bond donors (Lipinski definition) is 6. The molecule has 0 bridgehead atoms. The Hall–Kier alpha value is -0.170. The highest BCUT2D eigenvalue weighted by Gasteiger charge is 2.47. The molecule has 1 heterocycles. The monoisotopic (exact) mass is 347 g/mol. The van der Waals surface area contributed by atoms with E-state index in [1.54, 1.807) is 0 Å². The minimum absolute atomic E-state index is 0.000509. The maximum absolute atomic E-state index is 11.4. The van der Waals surface area contributed by atoms with Gasteiger partial charge in [-0.25, -0.2) is 4.57 Å². The van der Waals surface area contributed by atoms with Crippen LogP contribution in [-0.4, -0.2) is 89.0 Å². The average molecular weight is 347 g/mol. The second kappa shape index (κ2) is 8.62. The molecule has 0 spiro atoms. The number of phosphoric acid groups is 1. The Kier molecular flexibility index (Phi) is 7.79. The third-order valence-electron chi connectivity index (χ3n) is 3.00. The molecule has 0 aliphatic carbocycles. The van der Waals surface area contributed by atoms with Crippen LogP contribution in [0.2, 0.25) is 0 Å². The topological polar surface area (TPSA) is 181 Å². The summed E-state index contributed by atoms with van der Waals surface area (Å²) in [5, 5.41) is 38.9. The highest BCUT2D eigenvalue weighted by atomic mass is 31.2. The van der Waals surface area contributed by atoms with Gasteiger partial charge >= 0.3 is 7.82 Å². The van der Waals surface area contributed by atoms with Crippen molar-refractivity contribution in [1.82, 2.24) is 0 Å². The molecule has 132 valence electrons. The Morgan fingerprint density at radius 2 is 1.86 bits per heavy atom. The summed E-state index contributed by atoms with van der Waals surface area (Å²) < 4.78 is 30.3. The second-order valence-electron chi connectivity index (χ2n) is 4.63. The van der Waals surface area contributed by atoms with E-state index in [-0.39, 0.29) is 13.2 Å². The van der Waals surface area contributed by atoms with Crippen molar-refractivity contribution in [1.29, 1.82) is 0 Å². The van der Waals surface area contributed by atoms with Gasteiger partial charge in [0.1, 0.15) is 30.5 Å². The summed E-state index contributed by atoms with van der Waals surface area (Å²) in [6.45, 7) is -0.942. The molecule has 0 aromatic carbocycles. The summed E-state index contributed by atoms with van der Waals surface area (Å²) >= 11 is 0. The number of rotatable bonds is 8. The van der Waals surface area contributed by atoms with E-state index >= 15 is 0 Å². The van der Waals surface area contributed by atoms with Crippen LogP contribution in [0.1, 0.15) is 0 Å². The van der Waals surface area contributed by atoms with Gasteiger partial charge < -0.3 is 40.5 Å². The summed E-state index contributed by atoms with van der Waals surface area (Å²) in [7, 11) is -3.21. The number of nitrogens with two attached hydrogens (primary N) is 1. The Balaban J connectivity index is 2.60. The molecule has 1 saturated heterocycles. The molecule has 0 aromatic rings. The van der Waals surface area contributed by atoms with Gasteiger partial charge in [-0.2, -0.15) is 0 Å². The van der Waals surface area contributed by atoms with Crippen LogP contribution in [-0.2, 0) is 23.1 Å². The SMILES string of the molecule is CO[C@@H]1O[C@H]([C@@H](O)COP(=O)(O)OCCN)[C@@H](O)[C@H](O)[C@@H]1O. The number of methoxy groups -OCH3 is 1. The standard InChI is InChI=1S/C10H22NO10P/c1-18-10-8(15)6(13)7(14)9(21-10)5(12)4-20-22(16,17)19-3-2-11/h5-10,12-15H,2-4,11H2,1H3,(H,16,17)/t5-,6-,7-,8-,9+,10+/m0/s1. The lowest BCUT2D eigenvalue weighted by Gasteiger charge is -2.41. The molecule has 1 unspecified atom stereocenters. The first-order valence-electron chi connectivity index (χ1n) is 6.46. The van der Waals surface area contributed by atoms with Crippen LogP contribution >= 0.6 is 7.82 Å². The second-order valence-corrected chi connectivity index (χ2v) is 6.08. The zero-order valence-electron chi connectivity index (χ0n) is 11.9. The van der Waals surface area contributed by atoms with Gasteiger partial charge in [0.2, 0.25) is 0 Å². The summed E-state index contributed by atoms with van der Waals surface area (Å²) in [5.41, 5.74) is 5.11. The lowest BCUT2D eigenvalue weighted by molar-refractivity contribution is -0.305. The number of aliphatic hydroxyl groups excluding tert-OH is 4. The van der Waals surface area contributed by atoms with E-state index in [0.717, 1.165) is 0 Å². The molecule has 12 heteroatoms. The van der Waals surface area contributed by atoms with Gasteiger partial charge in [-0.3, -0.25) is 9.05 Å². The Bertz CT molecular complexity index is 383. The van der Waals surface area contributed by atoms with Crippen molar-refractivity contribution in [2.75, 3.05) is 26.9 Å². The van der Waals surface area contributed by atoms with Crippen molar-refractivity contribution in [2.24, 2.45) is 5.73 Å². The molecule has 1 aliphatic rings. The summed E-state index contributed by atoms with van der Waals surface area (Å²) in [6, 6.07) is 0. The van der Waals surface area contributed by atoms with Gasteiger partial charge in [0.15, 0.2) is 6.29 Å². The molecule has 22 heavy (non-hydrogen) atoms. The van der Waals surface area contributed by atoms with Gasteiger partial charge in [0.25, 0.3) is 0 Å². The fourth-order valence-electron chi connectivity index (χ4n) is 1.86. The van der Waals surface area contributed by atoms with Crippen LogP contribution in [0.4, 0.5) is 0 Å². The predicted molar refractivity (Wildman–Crippen MR) is 70.5 cm³/mol. The van der Waals surface area contributed by atoms with Crippen molar-refractivity contribution in [3.63, 3.8) is 0 Å². The quantitative estimate of drug-likeness (QED) is 0.245. The Labute approximate surface area is 126 Å². The van der Waals surface area contributed by atoms with E-state index < -0.39 is 51.2 Å². The van der Waals surface area contributed by atoms with Gasteiger partial charge in [-0.1, -0.05) is 0 Å². The fourth-order valence-corrected chi connectivity index (χ4v) is 2.61. The predicted octanol–water partition coefficient (Wildman–Crippen LogP) is -3.11. The van der Waals surface area contributed by atoms with Gasteiger partial charge in [0.05, 0.1) is 13.2 Å². The van der Waals surface area contributed by atoms with E-state index in [4.69, 9.17) is 15.2 Å². The van der Waals surface area contributed by atoms with Crippen LogP contribution in [0.25, 0.3) is 0 Å². The molecular weight excluding hydrogens is 325 g/mol. The van der Waals surface area contributed by atoms with Crippen molar-refractivity contribution in [3.8, 4) is 0 Å². The minimum atomic E-state index is -4.40. The first kappa shape index (κ1) is 19.9. The molecule has 1 rings (SSSR count). The number of hydrogen-bond acceptors (Lipinski definition) is 10. The highest BCUT2D eigenvalue weighted by Crippen LogP contribution is 2.43. The highest BCUT2D eigenvalue weighted by molar-refractivity contribution is 7.47. The average Bonchev–Trinajstić information content (AvgIpc) is 2.49. The minimum Gasteiger partial charge on any atom is -0.388 e. The Morgan fingerprint density at radius 1 is 1.23 bits per heavy atom. The van der Waals surface area contributed by atoms with Crippen molar-refractivity contribution in [2.45, 2.75) is 36.8 Å². The van der Waals surface area contributed by atoms with E-state index in [9.17, 15) is 29.9 Å². The van der Waals surface area contributed by atoms with Crippen LogP contribution in [0, 0.1) is 0 Å². The normalized spacial score (nSPS) is 36.8. The summed E-state index contributed by atoms with van der Waals surface area (Å²) in [6.07, 6.45) is -9.07. The fraction of sp³-hybridized carbons (Fsp3) is 1.00. The molecule has 0 aromatic heterocycles. The molecule has 11 nitrogen and oxygen atoms in total. The number of phosphoric ester groups is 1. The maximum Gasteiger partial charge on any atom is 0.472 e. The van der Waals surface area contributed by atoms with Crippen molar-refractivity contribution < 1.29 is 48.4 Å². The Morgan fingerprint density at radius 3 is 2.41 bits per heavy atom. The van der Waals surface area contributed by atoms with Crippen LogP contribution in [0.15, 0.2) is 0 Å². The number of ether oxygens (including phenoxy) is 2. The zero-order valence-corrected chi connectivity index (χ0v) is 12.8. The first-order valence-corrected chi connectivity index (χ1v) is 7.95. The van der Waals surface area contributed by atoms with E-state index in [1.807, 2.05) is 0 Å². The molecule has 0 saturated carbocycles. The van der Waals surface area contributed by atoms with Gasteiger partial charge in [-0.05, 0) is 0 Å². The van der Waals surface area contributed by atoms with Crippen LogP contribution in [0.5, 0.6) is 0 Å². The molecule has 1 aliphatic heterocycles. The van der Waals surface area contributed by atoms with E-state index in [2.05, 4.69) is 9.05 Å². The van der Waals surface area contributed by atoms with Gasteiger partial charge in [-0.15, -0.1) is 0 Å². The third kappa shape index (κ3) is 5.18. The van der Waals surface area contributed by atoms with Gasteiger partial charge in [0, 0.05) is 13.7 Å². The van der Waals surface area contributed by atoms with E-state index in [0.29, 0.717) is 0 Å². The van der Waals surface area contributed by atoms with Crippen LogP contribution in [0.3, 0.4) is 0 Å². The largest absolute Gasteiger partial charge is 0.472 e. The van der Waals surface area contributed by atoms with Crippen LogP contribution < -0.4 is 5.73 Å². The molecule has 7 atom stereocenters. The maximum atomic E-state index is 11.4. The molecular formula is C10H22NO10P. The van der Waals surface area contributed by atoms with Crippen molar-refractivity contribution in [3.05, 3.63) is 0 Å². The zero-order chi connectivity index (χ0) is 16.9. The van der Waals surface area contributed by atoms with Crippen molar-refractivity contribution >= 4 is 7.82 Å². The third-order valence-corrected chi connectivity index (χ3v) is 3.98. The van der Waals surface area contributed by atoms with E-state index in [1.165, 1.54) is 7.11 Å². The summed E-state index contributed by atoms with van der Waals surface area (Å²) in [4.78, 5) is 9.28. The first-order chi connectivity index (χ1) is 10.2. The molecule has 0 radical (unpaired) electrons. The smallest absolute Gasteiger partial charge is 0.388 e. The molecule has 7 N–H and O–H groups in total. The molecule has 0 amide bonds. The lowest BCUT2D eigenvalue weighted by atomic mass is 9.95.